The summed E-state index contributed by atoms with van der Waals surface area (Å²) in [5.74, 6) is 0.911. The number of H-pyrrole nitrogens is 1. The van der Waals surface area contributed by atoms with Crippen LogP contribution in [0.3, 0.4) is 0 Å². The fourth-order valence-corrected chi connectivity index (χ4v) is 5.28. The number of anilines is 1. The van der Waals surface area contributed by atoms with Crippen molar-refractivity contribution in [3.05, 3.63) is 76.2 Å². The van der Waals surface area contributed by atoms with Crippen LogP contribution in [0.1, 0.15) is 37.7 Å². The fourth-order valence-electron chi connectivity index (χ4n) is 5.28. The van der Waals surface area contributed by atoms with E-state index in [1.165, 1.54) is 6.20 Å². The maximum Gasteiger partial charge on any atom is 0.253 e. The molecule has 2 aliphatic rings. The van der Waals surface area contributed by atoms with E-state index in [1.54, 1.807) is 4.68 Å². The van der Waals surface area contributed by atoms with Crippen LogP contribution < -0.4 is 5.73 Å². The number of ketones is 1. The molecule has 10 heteroatoms. The lowest BCUT2D eigenvalue weighted by Crippen LogP contribution is -2.49. The molecule has 4 aromatic rings. The number of carbonyl (C=O) groups excluding carboxylic acids is 2. The number of aliphatic hydroxyl groups is 1. The zero-order valence-corrected chi connectivity index (χ0v) is 21.1. The molecule has 6 rings (SSSR count). The Balaban J connectivity index is 1.20. The molecular formula is C28H29N7O3. The standard InChI is InChI=1S/C28H29N7O3/c1-17-31-24-5-4-22(15-25(24)32-17)35-27(29)23(16-30-35)26(37)21-12-18-2-3-19(13-20(18)14-21)28(38)34-8-6-33(7-9-34)10-11-36/h2-5,13-16,36H,6-12,29H2,1H3,(H,31,32). The maximum atomic E-state index is 13.4. The monoisotopic (exact) mass is 511 g/mol. The number of benzene rings is 2. The van der Waals surface area contributed by atoms with Crippen molar-refractivity contribution in [2.24, 2.45) is 0 Å². The van der Waals surface area contributed by atoms with E-state index in [9.17, 15) is 9.59 Å². The van der Waals surface area contributed by atoms with Crippen molar-refractivity contribution >= 4 is 34.6 Å². The molecule has 0 atom stereocenters. The number of imidazole rings is 1. The van der Waals surface area contributed by atoms with Gasteiger partial charge >= 0.3 is 0 Å². The number of Topliss-reactive ketones (excluding diaryl/α,β-unsaturated/α-hetero) is 1. The van der Waals surface area contributed by atoms with Crippen LogP contribution in [0.2, 0.25) is 0 Å². The van der Waals surface area contributed by atoms with Crippen LogP contribution in [0.15, 0.2) is 48.2 Å². The molecule has 10 nitrogen and oxygen atoms in total. The average molecular weight is 512 g/mol. The quantitative estimate of drug-likeness (QED) is 0.338. The minimum Gasteiger partial charge on any atom is -0.395 e. The SMILES string of the molecule is Cc1nc2ccc(-n3ncc(C(=O)C4=Cc5cc(C(=O)N6CCN(CCO)CC6)ccc5C4)c3N)cc2[nH]1. The lowest BCUT2D eigenvalue weighted by atomic mass is 10.0. The zero-order chi connectivity index (χ0) is 26.4. The van der Waals surface area contributed by atoms with Crippen LogP contribution >= 0.6 is 0 Å². The van der Waals surface area contributed by atoms with Gasteiger partial charge in [0.1, 0.15) is 11.6 Å². The van der Waals surface area contributed by atoms with Crippen molar-refractivity contribution in [3.63, 3.8) is 0 Å². The third-order valence-electron chi connectivity index (χ3n) is 7.35. The Bertz CT molecular complexity index is 1590. The Kier molecular flexibility index (Phi) is 6.05. The van der Waals surface area contributed by atoms with E-state index < -0.39 is 0 Å². The third-order valence-corrected chi connectivity index (χ3v) is 7.35. The number of hydrogen-bond acceptors (Lipinski definition) is 7. The molecular weight excluding hydrogens is 482 g/mol. The smallest absolute Gasteiger partial charge is 0.253 e. The van der Waals surface area contributed by atoms with Crippen molar-refractivity contribution < 1.29 is 14.7 Å². The normalized spacial score (nSPS) is 15.6. The highest BCUT2D eigenvalue weighted by Crippen LogP contribution is 2.30. The lowest BCUT2D eigenvalue weighted by molar-refractivity contribution is 0.0615. The Hall–Kier alpha value is -4.28. The summed E-state index contributed by atoms with van der Waals surface area (Å²) < 4.78 is 1.56. The van der Waals surface area contributed by atoms with Gasteiger partial charge in [-0.1, -0.05) is 6.07 Å². The van der Waals surface area contributed by atoms with Crippen molar-refractivity contribution in [2.75, 3.05) is 45.1 Å². The average Bonchev–Trinajstić information content (AvgIpc) is 3.63. The Labute approximate surface area is 219 Å². The molecule has 0 radical (unpaired) electrons. The molecule has 0 bridgehead atoms. The van der Waals surface area contributed by atoms with Gasteiger partial charge in [0.25, 0.3) is 5.91 Å². The van der Waals surface area contributed by atoms with Gasteiger partial charge in [0.15, 0.2) is 5.78 Å². The topological polar surface area (TPSA) is 133 Å². The molecule has 194 valence electrons. The van der Waals surface area contributed by atoms with Crippen molar-refractivity contribution in [1.82, 2.24) is 29.5 Å². The summed E-state index contributed by atoms with van der Waals surface area (Å²) >= 11 is 0. The van der Waals surface area contributed by atoms with E-state index in [2.05, 4.69) is 20.0 Å². The van der Waals surface area contributed by atoms with Gasteiger partial charge in [-0.2, -0.15) is 5.10 Å². The Morgan fingerprint density at radius 3 is 2.71 bits per heavy atom. The van der Waals surface area contributed by atoms with Crippen LogP contribution in [-0.4, -0.2) is 85.7 Å². The van der Waals surface area contributed by atoms with E-state index in [4.69, 9.17) is 10.8 Å². The van der Waals surface area contributed by atoms with Crippen molar-refractivity contribution in [1.29, 1.82) is 0 Å². The van der Waals surface area contributed by atoms with Crippen LogP contribution in [-0.2, 0) is 6.42 Å². The predicted octanol–water partition coefficient (Wildman–Crippen LogP) is 2.21. The summed E-state index contributed by atoms with van der Waals surface area (Å²) in [7, 11) is 0. The first kappa shape index (κ1) is 24.1. The van der Waals surface area contributed by atoms with E-state index in [1.807, 2.05) is 54.3 Å². The number of aromatic amines is 1. The predicted molar refractivity (Wildman–Crippen MR) is 144 cm³/mol. The number of nitrogens with one attached hydrogen (secondary N) is 1. The van der Waals surface area contributed by atoms with Gasteiger partial charge in [-0.3, -0.25) is 14.5 Å². The molecule has 0 saturated carbocycles. The van der Waals surface area contributed by atoms with E-state index in [0.29, 0.717) is 42.8 Å². The van der Waals surface area contributed by atoms with Gasteiger partial charge < -0.3 is 20.7 Å². The molecule has 1 fully saturated rings. The second-order valence-corrected chi connectivity index (χ2v) is 9.83. The van der Waals surface area contributed by atoms with Crippen molar-refractivity contribution in [3.8, 4) is 5.69 Å². The van der Waals surface area contributed by atoms with Gasteiger partial charge in [-0.05, 0) is 54.5 Å². The molecule has 3 heterocycles. The van der Waals surface area contributed by atoms with E-state index in [0.717, 1.165) is 46.8 Å². The summed E-state index contributed by atoms with van der Waals surface area (Å²) in [6.07, 6.45) is 3.84. The number of hydrogen-bond donors (Lipinski definition) is 3. The first-order valence-electron chi connectivity index (χ1n) is 12.7. The molecule has 1 aliphatic carbocycles. The van der Waals surface area contributed by atoms with Crippen LogP contribution in [0.25, 0.3) is 22.8 Å². The Morgan fingerprint density at radius 2 is 1.92 bits per heavy atom. The number of β-amino-alcohol motifs (C(OH)–C–C–N with tert-alkyl or cyclic N) is 1. The lowest BCUT2D eigenvalue weighted by Gasteiger charge is -2.34. The number of allylic oxidation sites excluding steroid dienone is 1. The summed E-state index contributed by atoms with van der Waals surface area (Å²) in [5.41, 5.74) is 12.3. The summed E-state index contributed by atoms with van der Waals surface area (Å²) in [4.78, 5) is 38.2. The number of piperazine rings is 1. The van der Waals surface area contributed by atoms with Gasteiger partial charge in [-0.15, -0.1) is 0 Å². The molecule has 4 N–H and O–H groups in total. The second-order valence-electron chi connectivity index (χ2n) is 9.83. The highest BCUT2D eigenvalue weighted by molar-refractivity contribution is 6.15. The number of nitrogens with two attached hydrogens (primary N) is 1. The molecule has 1 saturated heterocycles. The number of fused-ring (bicyclic) bond motifs is 2. The van der Waals surface area contributed by atoms with E-state index >= 15 is 0 Å². The van der Waals surface area contributed by atoms with Crippen LogP contribution in [0.4, 0.5) is 5.82 Å². The first-order chi connectivity index (χ1) is 18.4. The minimum atomic E-state index is -0.170. The number of rotatable bonds is 6. The number of nitrogens with zero attached hydrogens (tertiary/aromatic N) is 5. The zero-order valence-electron chi connectivity index (χ0n) is 21.1. The number of amides is 1. The first-order valence-corrected chi connectivity index (χ1v) is 12.7. The van der Waals surface area contributed by atoms with Gasteiger partial charge in [0, 0.05) is 50.3 Å². The molecule has 0 unspecified atom stereocenters. The Morgan fingerprint density at radius 1 is 1.11 bits per heavy atom. The number of aromatic nitrogens is 4. The highest BCUT2D eigenvalue weighted by Gasteiger charge is 2.26. The summed E-state index contributed by atoms with van der Waals surface area (Å²) in [5, 5.41) is 13.5. The van der Waals surface area contributed by atoms with Crippen LogP contribution in [0.5, 0.6) is 0 Å². The molecule has 1 amide bonds. The van der Waals surface area contributed by atoms with Gasteiger partial charge in [-0.25, -0.2) is 9.67 Å². The molecule has 0 spiro atoms. The molecule has 1 aliphatic heterocycles. The van der Waals surface area contributed by atoms with Crippen LogP contribution in [0, 0.1) is 6.92 Å². The van der Waals surface area contributed by atoms with Gasteiger partial charge in [0.05, 0.1) is 35.1 Å². The second kappa shape index (κ2) is 9.55. The minimum absolute atomic E-state index is 0.0143. The number of nitrogen functional groups attached to an aromatic ring is 1. The largest absolute Gasteiger partial charge is 0.395 e. The number of carbonyl (C=O) groups is 2. The summed E-state index contributed by atoms with van der Waals surface area (Å²) in [6, 6.07) is 11.3. The molecule has 2 aromatic heterocycles. The highest BCUT2D eigenvalue weighted by atomic mass is 16.3. The van der Waals surface area contributed by atoms with Crippen molar-refractivity contribution in [2.45, 2.75) is 13.3 Å². The molecule has 38 heavy (non-hydrogen) atoms. The fraction of sp³-hybridized carbons (Fsp3) is 0.286. The maximum absolute atomic E-state index is 13.4. The number of aryl methyl sites for hydroxylation is 1. The number of aliphatic hydroxyl groups excluding tert-OH is 1. The summed E-state index contributed by atoms with van der Waals surface area (Å²) in [6.45, 7) is 5.41. The van der Waals surface area contributed by atoms with E-state index in [-0.39, 0.29) is 24.1 Å². The molecule has 2 aromatic carbocycles. The van der Waals surface area contributed by atoms with Gasteiger partial charge in [0.2, 0.25) is 0 Å². The third kappa shape index (κ3) is 4.27.